The van der Waals surface area contributed by atoms with E-state index in [1.54, 1.807) is 24.8 Å². The second-order valence-corrected chi connectivity index (χ2v) is 13.4. The van der Waals surface area contributed by atoms with Crippen molar-refractivity contribution in [1.29, 1.82) is 0 Å². The molecule has 10 nitrogen and oxygen atoms in total. The Labute approximate surface area is 248 Å². The van der Waals surface area contributed by atoms with E-state index in [2.05, 4.69) is 10.4 Å². The van der Waals surface area contributed by atoms with Crippen molar-refractivity contribution in [3.05, 3.63) is 99.2 Å². The second kappa shape index (κ2) is 11.6. The van der Waals surface area contributed by atoms with Crippen LogP contribution in [0, 0.1) is 13.8 Å². The van der Waals surface area contributed by atoms with Crippen molar-refractivity contribution in [2.24, 2.45) is 0 Å². The Bertz CT molecular complexity index is 1780. The first-order valence-corrected chi connectivity index (χ1v) is 15.6. The van der Waals surface area contributed by atoms with Crippen LogP contribution in [0.3, 0.4) is 0 Å². The maximum Gasteiger partial charge on any atom is 0.281 e. The molecule has 0 atom stereocenters. The Balaban J connectivity index is 1.41. The van der Waals surface area contributed by atoms with Gasteiger partial charge >= 0.3 is 0 Å². The highest BCUT2D eigenvalue weighted by atomic mass is 32.2. The van der Waals surface area contributed by atoms with E-state index in [0.29, 0.717) is 41.5 Å². The first-order valence-electron chi connectivity index (χ1n) is 13.4. The smallest absolute Gasteiger partial charge is 0.281 e. The fourth-order valence-corrected chi connectivity index (χ4v) is 7.40. The predicted octanol–water partition coefficient (Wildman–Crippen LogP) is 4.23. The maximum absolute atomic E-state index is 13.7. The van der Waals surface area contributed by atoms with Crippen LogP contribution in [0.15, 0.2) is 65.6 Å². The van der Waals surface area contributed by atoms with E-state index >= 15 is 0 Å². The van der Waals surface area contributed by atoms with Gasteiger partial charge in [0.15, 0.2) is 0 Å². The number of nitrogens with zero attached hydrogens (tertiary/aromatic N) is 4. The molecule has 1 aliphatic heterocycles. The molecule has 0 bridgehead atoms. The van der Waals surface area contributed by atoms with Crippen LogP contribution in [0.25, 0.3) is 0 Å². The molecule has 218 valence electrons. The minimum Gasteiger partial charge on any atom is -0.337 e. The number of aryl methyl sites for hydroxylation is 2. The van der Waals surface area contributed by atoms with Crippen LogP contribution < -0.4 is 5.32 Å². The highest BCUT2D eigenvalue weighted by molar-refractivity contribution is 7.89. The monoisotopic (exact) mass is 605 g/mol. The first-order chi connectivity index (χ1) is 20.0. The summed E-state index contributed by atoms with van der Waals surface area (Å²) < 4.78 is 28.9. The molecule has 3 heterocycles. The number of hydrogen-bond donors (Lipinski definition) is 1. The van der Waals surface area contributed by atoms with Gasteiger partial charge in [0, 0.05) is 43.2 Å². The molecule has 5 rings (SSSR count). The lowest BCUT2D eigenvalue weighted by Gasteiger charge is -2.26. The molecule has 1 N–H and O–H groups in total. The quantitative estimate of drug-likeness (QED) is 0.337. The molecular weight excluding hydrogens is 574 g/mol. The van der Waals surface area contributed by atoms with Crippen LogP contribution in [0.5, 0.6) is 0 Å². The van der Waals surface area contributed by atoms with Crippen LogP contribution in [0.2, 0.25) is 0 Å². The summed E-state index contributed by atoms with van der Waals surface area (Å²) in [5.74, 6) is -0.899. The molecule has 0 saturated heterocycles. The van der Waals surface area contributed by atoms with Gasteiger partial charge in [0.25, 0.3) is 11.8 Å². The number of aromatic nitrogens is 2. The van der Waals surface area contributed by atoms with Crippen molar-refractivity contribution < 1.29 is 22.8 Å². The normalized spacial score (nSPS) is 13.2. The molecular formula is C30H31N5O5S2. The van der Waals surface area contributed by atoms with Crippen LogP contribution in [-0.4, -0.2) is 58.7 Å². The molecule has 2 aromatic carbocycles. The van der Waals surface area contributed by atoms with Gasteiger partial charge in [-0.2, -0.15) is 9.40 Å². The topological polar surface area (TPSA) is 122 Å². The molecule has 0 spiro atoms. The Morgan fingerprint density at radius 2 is 1.74 bits per heavy atom. The van der Waals surface area contributed by atoms with E-state index < -0.39 is 15.9 Å². The summed E-state index contributed by atoms with van der Waals surface area (Å²) in [5.41, 5.74) is 3.62. The number of thiophene rings is 1. The van der Waals surface area contributed by atoms with Crippen LogP contribution >= 0.6 is 11.3 Å². The van der Waals surface area contributed by atoms with Gasteiger partial charge in [-0.3, -0.25) is 14.4 Å². The third-order valence-corrected chi connectivity index (χ3v) is 10.2. The van der Waals surface area contributed by atoms with E-state index in [1.807, 2.05) is 30.3 Å². The third kappa shape index (κ3) is 5.78. The van der Waals surface area contributed by atoms with Gasteiger partial charge in [0.1, 0.15) is 5.00 Å². The number of benzene rings is 2. The number of carbonyl (C=O) groups excluding carboxylic acids is 3. The molecule has 0 saturated carbocycles. The third-order valence-electron chi connectivity index (χ3n) is 7.22. The van der Waals surface area contributed by atoms with E-state index in [4.69, 9.17) is 0 Å². The van der Waals surface area contributed by atoms with E-state index in [9.17, 15) is 22.8 Å². The summed E-state index contributed by atoms with van der Waals surface area (Å²) in [4.78, 5) is 41.7. The number of nitrogens with one attached hydrogen (secondary N) is 1. The van der Waals surface area contributed by atoms with Crippen molar-refractivity contribution in [1.82, 2.24) is 19.0 Å². The van der Waals surface area contributed by atoms with Crippen LogP contribution in [0.1, 0.15) is 55.0 Å². The van der Waals surface area contributed by atoms with E-state index in [-0.39, 0.29) is 28.8 Å². The summed E-state index contributed by atoms with van der Waals surface area (Å²) in [6.45, 7) is 6.13. The lowest BCUT2D eigenvalue weighted by molar-refractivity contribution is -0.129. The number of hydrogen-bond acceptors (Lipinski definition) is 7. The average molecular weight is 606 g/mol. The van der Waals surface area contributed by atoms with Crippen molar-refractivity contribution in [2.45, 2.75) is 45.2 Å². The van der Waals surface area contributed by atoms with E-state index in [0.717, 1.165) is 16.0 Å². The van der Waals surface area contributed by atoms with E-state index in [1.165, 1.54) is 58.6 Å². The summed E-state index contributed by atoms with van der Waals surface area (Å²) in [6, 6.07) is 16.8. The van der Waals surface area contributed by atoms with Gasteiger partial charge in [-0.15, -0.1) is 11.3 Å². The fourth-order valence-electron chi connectivity index (χ4n) is 4.99. The van der Waals surface area contributed by atoms with Gasteiger partial charge in [0.2, 0.25) is 15.9 Å². The number of sulfonamides is 1. The zero-order valence-corrected chi connectivity index (χ0v) is 25.4. The SMILES string of the molecule is CC(=O)N1CCc2c(sc(NC(=O)c3ccc(S(=O)(=O)N(C)Cc4ccccc4)cc3)c2C(=O)n2nc(C)cc2C)C1. The molecule has 1 aliphatic rings. The minimum absolute atomic E-state index is 0.0597. The zero-order valence-electron chi connectivity index (χ0n) is 23.7. The molecule has 42 heavy (non-hydrogen) atoms. The average Bonchev–Trinajstić information content (AvgIpc) is 3.50. The molecule has 0 radical (unpaired) electrons. The minimum atomic E-state index is -3.79. The standard InChI is InChI=1S/C30H31N5O5S2/c1-19-16-20(2)35(32-19)30(38)27-25-14-15-34(21(3)36)18-26(25)41-29(27)31-28(37)23-10-12-24(13-11-23)42(39,40)33(4)17-22-8-6-5-7-9-22/h5-13,16H,14-15,17-18H2,1-4H3,(H,31,37). The van der Waals surface area contributed by atoms with Crippen LogP contribution in [-0.2, 0) is 34.3 Å². The lowest BCUT2D eigenvalue weighted by Crippen LogP contribution is -2.34. The Hall–Kier alpha value is -4.13. The van der Waals surface area contributed by atoms with Crippen molar-refractivity contribution in [3.8, 4) is 0 Å². The van der Waals surface area contributed by atoms with Gasteiger partial charge in [-0.05, 0) is 61.7 Å². The fraction of sp³-hybridized carbons (Fsp3) is 0.267. The summed E-state index contributed by atoms with van der Waals surface area (Å²) >= 11 is 1.26. The number of amides is 2. The number of fused-ring (bicyclic) bond motifs is 1. The Morgan fingerprint density at radius 1 is 1.05 bits per heavy atom. The Morgan fingerprint density at radius 3 is 2.36 bits per heavy atom. The van der Waals surface area contributed by atoms with Crippen molar-refractivity contribution >= 4 is 44.1 Å². The molecule has 2 aromatic heterocycles. The lowest BCUT2D eigenvalue weighted by atomic mass is 10.0. The molecule has 2 amide bonds. The zero-order chi connectivity index (χ0) is 30.2. The number of rotatable bonds is 7. The second-order valence-electron chi connectivity index (χ2n) is 10.3. The van der Waals surface area contributed by atoms with Gasteiger partial charge in [-0.1, -0.05) is 30.3 Å². The summed E-state index contributed by atoms with van der Waals surface area (Å²) in [6.07, 6.45) is 0.477. The summed E-state index contributed by atoms with van der Waals surface area (Å²) in [7, 11) is -2.28. The highest BCUT2D eigenvalue weighted by Gasteiger charge is 2.31. The predicted molar refractivity (Wildman–Crippen MR) is 160 cm³/mol. The molecule has 0 aliphatic carbocycles. The van der Waals surface area contributed by atoms with Gasteiger partial charge < -0.3 is 10.2 Å². The molecule has 4 aromatic rings. The van der Waals surface area contributed by atoms with Crippen molar-refractivity contribution in [2.75, 3.05) is 18.9 Å². The first kappa shape index (κ1) is 29.4. The molecule has 0 fully saturated rings. The highest BCUT2D eigenvalue weighted by Crippen LogP contribution is 2.38. The number of anilines is 1. The molecule has 0 unspecified atom stereocenters. The van der Waals surface area contributed by atoms with Crippen LogP contribution in [0.4, 0.5) is 5.00 Å². The molecule has 12 heteroatoms. The Kier molecular flexibility index (Phi) is 8.13. The summed E-state index contributed by atoms with van der Waals surface area (Å²) in [5, 5.41) is 7.58. The van der Waals surface area contributed by atoms with Gasteiger partial charge in [-0.25, -0.2) is 13.1 Å². The van der Waals surface area contributed by atoms with Gasteiger partial charge in [0.05, 0.1) is 22.7 Å². The maximum atomic E-state index is 13.7. The largest absolute Gasteiger partial charge is 0.337 e. The van der Waals surface area contributed by atoms with Crippen molar-refractivity contribution in [3.63, 3.8) is 0 Å². The number of carbonyl (C=O) groups is 3.